The van der Waals surface area contributed by atoms with Gasteiger partial charge in [0.25, 0.3) is 0 Å². The summed E-state index contributed by atoms with van der Waals surface area (Å²) in [6.07, 6.45) is 2.47. The summed E-state index contributed by atoms with van der Waals surface area (Å²) in [6, 6.07) is -0.519. The number of nitrogens with one attached hydrogen (secondary N) is 1. The van der Waals surface area contributed by atoms with E-state index in [4.69, 9.17) is 9.47 Å². The van der Waals surface area contributed by atoms with Crippen LogP contribution in [0.1, 0.15) is 59.8 Å². The Labute approximate surface area is 139 Å². The average molecular weight is 329 g/mol. The number of Topliss-reactive ketones (excluding diaryl/α,β-unsaturated/α-hetero) is 2. The van der Waals surface area contributed by atoms with Crippen LogP contribution < -0.4 is 5.32 Å². The zero-order valence-corrected chi connectivity index (χ0v) is 15.1. The Morgan fingerprint density at radius 3 is 2.26 bits per heavy atom. The number of hydrogen-bond acceptors (Lipinski definition) is 5. The van der Waals surface area contributed by atoms with Crippen LogP contribution in [0.25, 0.3) is 0 Å². The van der Waals surface area contributed by atoms with Crippen LogP contribution in [0, 0.1) is 0 Å². The number of ketones is 2. The summed E-state index contributed by atoms with van der Waals surface area (Å²) in [4.78, 5) is 34.3. The summed E-state index contributed by atoms with van der Waals surface area (Å²) in [5.74, 6) is -0.213. The fraction of sp³-hybridized carbons (Fsp3) is 0.824. The minimum atomic E-state index is -0.519. The van der Waals surface area contributed by atoms with Crippen molar-refractivity contribution in [3.8, 4) is 0 Å². The molecule has 0 unspecified atom stereocenters. The highest BCUT2D eigenvalue weighted by Crippen LogP contribution is 2.12. The van der Waals surface area contributed by atoms with Crippen LogP contribution in [0.15, 0.2) is 0 Å². The minimum absolute atomic E-state index is 0.0889. The zero-order chi connectivity index (χ0) is 17.9. The Balaban J connectivity index is 3.95. The van der Waals surface area contributed by atoms with E-state index in [0.29, 0.717) is 32.5 Å². The van der Waals surface area contributed by atoms with Crippen molar-refractivity contribution in [1.29, 1.82) is 0 Å². The van der Waals surface area contributed by atoms with Gasteiger partial charge in [0, 0.05) is 26.6 Å². The summed E-state index contributed by atoms with van der Waals surface area (Å²) in [7, 11) is 1.65. The van der Waals surface area contributed by atoms with E-state index in [1.807, 2.05) is 13.8 Å². The molecule has 0 aliphatic rings. The van der Waals surface area contributed by atoms with Gasteiger partial charge in [0.15, 0.2) is 5.78 Å². The van der Waals surface area contributed by atoms with Crippen molar-refractivity contribution in [2.75, 3.05) is 20.3 Å². The summed E-state index contributed by atoms with van der Waals surface area (Å²) in [5, 5.41) is 2.70. The van der Waals surface area contributed by atoms with E-state index in [-0.39, 0.29) is 29.5 Å². The molecule has 0 heterocycles. The van der Waals surface area contributed by atoms with Gasteiger partial charge in [0.1, 0.15) is 5.78 Å². The SMILES string of the molecule is COC(C)(C)CCOCCC(=O)N[C@@H](CCCC(C)=O)C(C)=O. The van der Waals surface area contributed by atoms with Crippen molar-refractivity contribution >= 4 is 17.5 Å². The maximum Gasteiger partial charge on any atom is 0.222 e. The fourth-order valence-electron chi connectivity index (χ4n) is 1.89. The Kier molecular flexibility index (Phi) is 10.7. The molecule has 0 radical (unpaired) electrons. The lowest BCUT2D eigenvalue weighted by Gasteiger charge is -2.22. The summed E-state index contributed by atoms with van der Waals surface area (Å²) in [6.45, 7) is 7.74. The Morgan fingerprint density at radius 1 is 1.09 bits per heavy atom. The lowest BCUT2D eigenvalue weighted by atomic mass is 10.0. The second kappa shape index (κ2) is 11.3. The molecule has 1 atom stereocenters. The second-order valence-electron chi connectivity index (χ2n) is 6.40. The smallest absolute Gasteiger partial charge is 0.222 e. The zero-order valence-electron chi connectivity index (χ0n) is 15.1. The van der Waals surface area contributed by atoms with Gasteiger partial charge in [-0.25, -0.2) is 0 Å². The van der Waals surface area contributed by atoms with Crippen LogP contribution in [0.3, 0.4) is 0 Å². The quantitative estimate of drug-likeness (QED) is 0.523. The maximum absolute atomic E-state index is 11.8. The maximum atomic E-state index is 11.8. The molecule has 0 aromatic heterocycles. The van der Waals surface area contributed by atoms with Crippen molar-refractivity contribution in [2.45, 2.75) is 71.4 Å². The molecule has 0 rings (SSSR count). The Hall–Kier alpha value is -1.27. The molecule has 0 aromatic rings. The first-order valence-electron chi connectivity index (χ1n) is 8.10. The molecule has 0 saturated carbocycles. The number of carbonyl (C=O) groups is 3. The van der Waals surface area contributed by atoms with E-state index in [0.717, 1.165) is 6.42 Å². The standard InChI is InChI=1S/C17H31NO5/c1-13(19)7-6-8-15(14(2)20)18-16(21)9-11-23-12-10-17(3,4)22-5/h15H,6-12H2,1-5H3,(H,18,21)/t15-/m0/s1. The average Bonchev–Trinajstić information content (AvgIpc) is 2.45. The van der Waals surface area contributed by atoms with Crippen molar-refractivity contribution in [3.05, 3.63) is 0 Å². The second-order valence-corrected chi connectivity index (χ2v) is 6.40. The highest BCUT2D eigenvalue weighted by atomic mass is 16.5. The number of rotatable bonds is 13. The molecule has 0 aromatic carbocycles. The molecule has 134 valence electrons. The largest absolute Gasteiger partial charge is 0.381 e. The normalized spacial score (nSPS) is 12.7. The molecule has 0 bridgehead atoms. The third-order valence-electron chi connectivity index (χ3n) is 3.72. The van der Waals surface area contributed by atoms with Crippen LogP contribution in [-0.4, -0.2) is 49.4 Å². The first kappa shape index (κ1) is 21.7. The molecular weight excluding hydrogens is 298 g/mol. The van der Waals surface area contributed by atoms with Crippen LogP contribution in [0.5, 0.6) is 0 Å². The number of carbonyl (C=O) groups excluding carboxylic acids is 3. The van der Waals surface area contributed by atoms with Crippen molar-refractivity contribution < 1.29 is 23.9 Å². The van der Waals surface area contributed by atoms with Crippen LogP contribution in [0.2, 0.25) is 0 Å². The van der Waals surface area contributed by atoms with E-state index in [2.05, 4.69) is 5.32 Å². The third-order valence-corrected chi connectivity index (χ3v) is 3.72. The third kappa shape index (κ3) is 11.9. The lowest BCUT2D eigenvalue weighted by Crippen LogP contribution is -2.40. The molecule has 0 spiro atoms. The van der Waals surface area contributed by atoms with E-state index >= 15 is 0 Å². The molecule has 6 heteroatoms. The van der Waals surface area contributed by atoms with Gasteiger partial charge in [-0.1, -0.05) is 0 Å². The first-order valence-corrected chi connectivity index (χ1v) is 8.10. The molecule has 0 saturated heterocycles. The molecule has 0 aliphatic carbocycles. The molecule has 1 N–H and O–H groups in total. The van der Waals surface area contributed by atoms with E-state index < -0.39 is 6.04 Å². The van der Waals surface area contributed by atoms with E-state index in [9.17, 15) is 14.4 Å². The van der Waals surface area contributed by atoms with Gasteiger partial charge in [-0.05, 0) is 47.0 Å². The van der Waals surface area contributed by atoms with Crippen molar-refractivity contribution in [1.82, 2.24) is 5.32 Å². The van der Waals surface area contributed by atoms with Crippen LogP contribution in [-0.2, 0) is 23.9 Å². The van der Waals surface area contributed by atoms with Crippen molar-refractivity contribution in [2.24, 2.45) is 0 Å². The Bertz CT molecular complexity index is 392. The molecule has 1 amide bonds. The van der Waals surface area contributed by atoms with Gasteiger partial charge in [-0.2, -0.15) is 0 Å². The molecule has 23 heavy (non-hydrogen) atoms. The number of ether oxygens (including phenoxy) is 2. The van der Waals surface area contributed by atoms with Gasteiger partial charge in [-0.3, -0.25) is 9.59 Å². The predicted molar refractivity (Wildman–Crippen MR) is 88.3 cm³/mol. The van der Waals surface area contributed by atoms with Gasteiger partial charge < -0.3 is 19.6 Å². The highest BCUT2D eigenvalue weighted by molar-refractivity contribution is 5.87. The summed E-state index contributed by atoms with van der Waals surface area (Å²) >= 11 is 0. The van der Waals surface area contributed by atoms with Gasteiger partial charge in [-0.15, -0.1) is 0 Å². The number of hydrogen-bond donors (Lipinski definition) is 1. The minimum Gasteiger partial charge on any atom is -0.381 e. The Morgan fingerprint density at radius 2 is 1.74 bits per heavy atom. The topological polar surface area (TPSA) is 81.7 Å². The number of amides is 1. The molecule has 0 aliphatic heterocycles. The van der Waals surface area contributed by atoms with Crippen LogP contribution >= 0.6 is 0 Å². The highest BCUT2D eigenvalue weighted by Gasteiger charge is 2.18. The molecule has 0 fully saturated rings. The number of methoxy groups -OCH3 is 1. The molecular formula is C17H31NO5. The van der Waals surface area contributed by atoms with Gasteiger partial charge >= 0.3 is 0 Å². The fourth-order valence-corrected chi connectivity index (χ4v) is 1.89. The first-order chi connectivity index (χ1) is 10.7. The lowest BCUT2D eigenvalue weighted by molar-refractivity contribution is -0.127. The van der Waals surface area contributed by atoms with Gasteiger partial charge in [0.2, 0.25) is 5.91 Å². The van der Waals surface area contributed by atoms with Gasteiger partial charge in [0.05, 0.1) is 18.2 Å². The molecule has 6 nitrogen and oxygen atoms in total. The predicted octanol–water partition coefficient (Wildman–Crippen LogP) is 2.04. The monoisotopic (exact) mass is 329 g/mol. The summed E-state index contributed by atoms with van der Waals surface area (Å²) in [5.41, 5.74) is -0.237. The van der Waals surface area contributed by atoms with Crippen LogP contribution in [0.4, 0.5) is 0 Å². The summed E-state index contributed by atoms with van der Waals surface area (Å²) < 4.78 is 10.7. The van der Waals surface area contributed by atoms with E-state index in [1.165, 1.54) is 13.8 Å². The van der Waals surface area contributed by atoms with Crippen molar-refractivity contribution in [3.63, 3.8) is 0 Å². The van der Waals surface area contributed by atoms with E-state index in [1.54, 1.807) is 7.11 Å².